The van der Waals surface area contributed by atoms with Crippen LogP contribution in [0.3, 0.4) is 0 Å². The second-order valence-electron chi connectivity index (χ2n) is 3.99. The highest BCUT2D eigenvalue weighted by Gasteiger charge is 2.01. The van der Waals surface area contributed by atoms with Crippen LogP contribution in [0.5, 0.6) is 5.75 Å². The minimum absolute atomic E-state index is 0.579. The number of benzene rings is 1. The Bertz CT molecular complexity index is 376. The van der Waals surface area contributed by atoms with Crippen LogP contribution in [0.4, 0.5) is 5.69 Å². The first-order chi connectivity index (χ1) is 9.77. The van der Waals surface area contributed by atoms with E-state index in [-0.39, 0.29) is 0 Å². The predicted octanol–water partition coefficient (Wildman–Crippen LogP) is 2.44. The van der Waals surface area contributed by atoms with Crippen molar-refractivity contribution in [3.05, 3.63) is 23.2 Å². The lowest BCUT2D eigenvalue weighted by Gasteiger charge is -2.10. The molecule has 0 aromatic heterocycles. The van der Waals surface area contributed by atoms with E-state index in [1.54, 1.807) is 20.3 Å². The molecule has 0 bridgehead atoms. The summed E-state index contributed by atoms with van der Waals surface area (Å²) in [5.41, 5.74) is 0.950. The van der Waals surface area contributed by atoms with Crippen LogP contribution >= 0.6 is 11.6 Å². The van der Waals surface area contributed by atoms with E-state index in [0.29, 0.717) is 50.4 Å². The van der Waals surface area contributed by atoms with Gasteiger partial charge >= 0.3 is 0 Å². The highest BCUT2D eigenvalue weighted by molar-refractivity contribution is 6.32. The zero-order valence-electron chi connectivity index (χ0n) is 12.0. The van der Waals surface area contributed by atoms with Crippen molar-refractivity contribution >= 4 is 17.3 Å². The molecule has 0 radical (unpaired) electrons. The maximum absolute atomic E-state index is 5.95. The van der Waals surface area contributed by atoms with Gasteiger partial charge in [-0.25, -0.2) is 0 Å². The van der Waals surface area contributed by atoms with Gasteiger partial charge in [-0.15, -0.1) is 0 Å². The SMILES string of the molecule is COCCOCCOCCNc1ccc(Cl)c(OC)c1. The third kappa shape index (κ3) is 6.96. The summed E-state index contributed by atoms with van der Waals surface area (Å²) in [5, 5.41) is 3.83. The summed E-state index contributed by atoms with van der Waals surface area (Å²) in [6.07, 6.45) is 0. The molecule has 0 aliphatic heterocycles. The van der Waals surface area contributed by atoms with Crippen LogP contribution in [0.2, 0.25) is 5.02 Å². The van der Waals surface area contributed by atoms with Crippen molar-refractivity contribution in [1.29, 1.82) is 0 Å². The molecule has 1 rings (SSSR count). The average molecular weight is 304 g/mol. The zero-order valence-corrected chi connectivity index (χ0v) is 12.7. The Labute approximate surface area is 125 Å². The van der Waals surface area contributed by atoms with Gasteiger partial charge in [0, 0.05) is 25.4 Å². The number of anilines is 1. The minimum Gasteiger partial charge on any atom is -0.495 e. The molecule has 0 aliphatic carbocycles. The van der Waals surface area contributed by atoms with E-state index in [9.17, 15) is 0 Å². The Balaban J connectivity index is 2.06. The number of hydrogen-bond acceptors (Lipinski definition) is 5. The van der Waals surface area contributed by atoms with E-state index in [2.05, 4.69) is 5.32 Å². The summed E-state index contributed by atoms with van der Waals surface area (Å²) < 4.78 is 20.7. The van der Waals surface area contributed by atoms with Crippen molar-refractivity contribution in [1.82, 2.24) is 0 Å². The molecular weight excluding hydrogens is 282 g/mol. The average Bonchev–Trinajstić information content (AvgIpc) is 2.47. The lowest BCUT2D eigenvalue weighted by Crippen LogP contribution is -2.13. The number of halogens is 1. The van der Waals surface area contributed by atoms with Gasteiger partial charge in [0.15, 0.2) is 0 Å². The van der Waals surface area contributed by atoms with Crippen LogP contribution in [-0.4, -0.2) is 53.8 Å². The van der Waals surface area contributed by atoms with Crippen molar-refractivity contribution < 1.29 is 18.9 Å². The summed E-state index contributed by atoms with van der Waals surface area (Å²) in [4.78, 5) is 0. The van der Waals surface area contributed by atoms with Gasteiger partial charge in [-0.3, -0.25) is 0 Å². The fourth-order valence-electron chi connectivity index (χ4n) is 1.50. The van der Waals surface area contributed by atoms with Crippen LogP contribution in [0, 0.1) is 0 Å². The molecule has 0 atom stereocenters. The standard InChI is InChI=1S/C14H22ClNO4/c1-17-7-8-20-10-9-19-6-5-16-12-3-4-13(15)14(11-12)18-2/h3-4,11,16H,5-10H2,1-2H3. The van der Waals surface area contributed by atoms with Crippen molar-refractivity contribution in [2.45, 2.75) is 0 Å². The fourth-order valence-corrected chi connectivity index (χ4v) is 1.70. The van der Waals surface area contributed by atoms with Crippen molar-refractivity contribution in [3.8, 4) is 5.75 Å². The van der Waals surface area contributed by atoms with Gasteiger partial charge in [0.05, 0.1) is 45.2 Å². The van der Waals surface area contributed by atoms with E-state index in [1.807, 2.05) is 12.1 Å². The molecule has 20 heavy (non-hydrogen) atoms. The largest absolute Gasteiger partial charge is 0.495 e. The van der Waals surface area contributed by atoms with E-state index in [0.717, 1.165) is 5.69 Å². The van der Waals surface area contributed by atoms with Crippen LogP contribution in [-0.2, 0) is 14.2 Å². The van der Waals surface area contributed by atoms with E-state index < -0.39 is 0 Å². The van der Waals surface area contributed by atoms with Crippen LogP contribution < -0.4 is 10.1 Å². The molecule has 0 amide bonds. The van der Waals surface area contributed by atoms with Crippen molar-refractivity contribution in [2.24, 2.45) is 0 Å². The molecule has 0 saturated carbocycles. The van der Waals surface area contributed by atoms with Gasteiger partial charge in [0.2, 0.25) is 0 Å². The molecule has 0 saturated heterocycles. The maximum Gasteiger partial charge on any atom is 0.139 e. The molecule has 0 heterocycles. The Morgan fingerprint density at radius 1 is 1.00 bits per heavy atom. The molecule has 0 spiro atoms. The lowest BCUT2D eigenvalue weighted by molar-refractivity contribution is 0.0272. The Morgan fingerprint density at radius 3 is 2.40 bits per heavy atom. The molecule has 0 aliphatic rings. The second kappa shape index (κ2) is 10.7. The number of ether oxygens (including phenoxy) is 4. The second-order valence-corrected chi connectivity index (χ2v) is 4.40. The Kier molecular flexibility index (Phi) is 9.15. The van der Waals surface area contributed by atoms with Crippen LogP contribution in [0.15, 0.2) is 18.2 Å². The van der Waals surface area contributed by atoms with Gasteiger partial charge in [-0.1, -0.05) is 11.6 Å². The quantitative estimate of drug-likeness (QED) is 0.636. The summed E-state index contributed by atoms with van der Waals surface area (Å²) in [6, 6.07) is 5.56. The van der Waals surface area contributed by atoms with Gasteiger partial charge in [-0.2, -0.15) is 0 Å². The lowest BCUT2D eigenvalue weighted by atomic mass is 10.3. The van der Waals surface area contributed by atoms with E-state index in [1.165, 1.54) is 0 Å². The number of methoxy groups -OCH3 is 2. The Morgan fingerprint density at radius 2 is 1.70 bits per heavy atom. The summed E-state index contributed by atoms with van der Waals surface area (Å²) >= 11 is 5.95. The minimum atomic E-state index is 0.579. The summed E-state index contributed by atoms with van der Waals surface area (Å²) in [5.74, 6) is 0.657. The summed E-state index contributed by atoms with van der Waals surface area (Å²) in [6.45, 7) is 3.69. The Hall–Kier alpha value is -1.01. The molecule has 6 heteroatoms. The third-order valence-electron chi connectivity index (χ3n) is 2.53. The van der Waals surface area contributed by atoms with Gasteiger partial charge in [0.25, 0.3) is 0 Å². The van der Waals surface area contributed by atoms with E-state index >= 15 is 0 Å². The van der Waals surface area contributed by atoms with Gasteiger partial charge < -0.3 is 24.3 Å². The molecule has 1 aromatic rings. The zero-order chi connectivity index (χ0) is 14.6. The number of nitrogens with one attached hydrogen (secondary N) is 1. The smallest absolute Gasteiger partial charge is 0.139 e. The van der Waals surface area contributed by atoms with Gasteiger partial charge in [-0.05, 0) is 12.1 Å². The molecule has 0 unspecified atom stereocenters. The molecule has 5 nitrogen and oxygen atoms in total. The number of hydrogen-bond donors (Lipinski definition) is 1. The highest BCUT2D eigenvalue weighted by Crippen LogP contribution is 2.27. The van der Waals surface area contributed by atoms with Crippen molar-refractivity contribution in [3.63, 3.8) is 0 Å². The van der Waals surface area contributed by atoms with E-state index in [4.69, 9.17) is 30.5 Å². The fraction of sp³-hybridized carbons (Fsp3) is 0.571. The maximum atomic E-state index is 5.95. The molecular formula is C14H22ClNO4. The van der Waals surface area contributed by atoms with Gasteiger partial charge in [0.1, 0.15) is 5.75 Å². The molecule has 1 aromatic carbocycles. The van der Waals surface area contributed by atoms with Crippen LogP contribution in [0.1, 0.15) is 0 Å². The first-order valence-electron chi connectivity index (χ1n) is 6.49. The first kappa shape index (κ1) is 17.0. The first-order valence-corrected chi connectivity index (χ1v) is 6.87. The third-order valence-corrected chi connectivity index (χ3v) is 2.84. The highest BCUT2D eigenvalue weighted by atomic mass is 35.5. The topological polar surface area (TPSA) is 49.0 Å². The van der Waals surface area contributed by atoms with Crippen molar-refractivity contribution in [2.75, 3.05) is 59.1 Å². The molecule has 1 N–H and O–H groups in total. The predicted molar refractivity (Wildman–Crippen MR) is 80.0 cm³/mol. The summed E-state index contributed by atoms with van der Waals surface area (Å²) in [7, 11) is 3.25. The molecule has 0 fully saturated rings. The van der Waals surface area contributed by atoms with Crippen LogP contribution in [0.25, 0.3) is 0 Å². The number of rotatable bonds is 11. The monoisotopic (exact) mass is 303 g/mol. The molecule has 114 valence electrons. The normalized spacial score (nSPS) is 10.6.